The average Bonchev–Trinajstić information content (AvgIpc) is 2.83. The van der Waals surface area contributed by atoms with Crippen LogP contribution in [0.1, 0.15) is 53.4 Å². The van der Waals surface area contributed by atoms with Crippen LogP contribution < -0.4 is 10.0 Å². The van der Waals surface area contributed by atoms with Crippen molar-refractivity contribution in [2.75, 3.05) is 19.3 Å². The van der Waals surface area contributed by atoms with Crippen LogP contribution >= 0.6 is 0 Å². The van der Waals surface area contributed by atoms with Crippen LogP contribution in [0, 0.1) is 5.92 Å². The molecular formula is C29H36N2O4S. The first-order valence-corrected chi connectivity index (χ1v) is 14.2. The third kappa shape index (κ3) is 8.59. The summed E-state index contributed by atoms with van der Waals surface area (Å²) < 4.78 is 25.1. The largest absolute Gasteiger partial charge is 0.387 e. The van der Waals surface area contributed by atoms with Crippen LogP contribution in [0.3, 0.4) is 0 Å². The fourth-order valence-corrected chi connectivity index (χ4v) is 4.59. The standard InChI is InChI=1S/C29H36N2O4S/c1-21(2)18-26-19-25(15-16-27(26)29(33)31-36(3,34)35)23-13-11-22(12-14-23)8-7-17-30-20-28(32)24-9-5-4-6-10-24/h4-6,9-16,19,21,28,30,32H,7-8,17-18,20H2,1-3H3,(H,31,33)/t28-/m0/s1. The molecule has 0 saturated heterocycles. The highest BCUT2D eigenvalue weighted by molar-refractivity contribution is 7.89. The van der Waals surface area contributed by atoms with Gasteiger partial charge in [0.1, 0.15) is 0 Å². The van der Waals surface area contributed by atoms with Crippen molar-refractivity contribution in [3.8, 4) is 11.1 Å². The quantitative estimate of drug-likeness (QED) is 0.313. The second-order valence-corrected chi connectivity index (χ2v) is 11.4. The van der Waals surface area contributed by atoms with E-state index in [2.05, 4.69) is 48.2 Å². The fraction of sp³-hybridized carbons (Fsp3) is 0.345. The minimum absolute atomic E-state index is 0.315. The minimum Gasteiger partial charge on any atom is -0.387 e. The third-order valence-corrected chi connectivity index (χ3v) is 6.44. The van der Waals surface area contributed by atoms with Crippen molar-refractivity contribution in [1.82, 2.24) is 10.0 Å². The van der Waals surface area contributed by atoms with E-state index in [1.54, 1.807) is 6.07 Å². The Bertz CT molecular complexity index is 1240. The Morgan fingerprint density at radius 1 is 0.944 bits per heavy atom. The summed E-state index contributed by atoms with van der Waals surface area (Å²) in [6.07, 6.45) is 3.04. The number of carbonyl (C=O) groups is 1. The zero-order valence-corrected chi connectivity index (χ0v) is 22.0. The first-order valence-electron chi connectivity index (χ1n) is 12.3. The number of rotatable bonds is 12. The summed E-state index contributed by atoms with van der Waals surface area (Å²) in [6.45, 7) is 5.48. The molecule has 0 spiro atoms. The number of hydrogen-bond donors (Lipinski definition) is 3. The van der Waals surface area contributed by atoms with E-state index in [9.17, 15) is 18.3 Å². The topological polar surface area (TPSA) is 95.5 Å². The first kappa shape index (κ1) is 27.6. The van der Waals surface area contributed by atoms with E-state index in [-0.39, 0.29) is 0 Å². The van der Waals surface area contributed by atoms with Crippen molar-refractivity contribution >= 4 is 15.9 Å². The number of aliphatic hydroxyl groups is 1. The van der Waals surface area contributed by atoms with E-state index in [1.807, 2.05) is 42.5 Å². The zero-order chi connectivity index (χ0) is 26.1. The molecule has 3 aromatic rings. The number of sulfonamides is 1. The lowest BCUT2D eigenvalue weighted by Gasteiger charge is -2.14. The second kappa shape index (κ2) is 12.8. The summed E-state index contributed by atoms with van der Waals surface area (Å²) in [6, 6.07) is 23.6. The molecule has 0 unspecified atom stereocenters. The Morgan fingerprint density at radius 2 is 1.61 bits per heavy atom. The monoisotopic (exact) mass is 508 g/mol. The third-order valence-electron chi connectivity index (χ3n) is 5.88. The molecule has 0 heterocycles. The molecule has 0 fully saturated rings. The summed E-state index contributed by atoms with van der Waals surface area (Å²) in [5, 5.41) is 13.6. The molecule has 0 aromatic heterocycles. The Labute approximate surface area is 214 Å². The molecule has 36 heavy (non-hydrogen) atoms. The maximum absolute atomic E-state index is 12.5. The van der Waals surface area contributed by atoms with E-state index in [0.29, 0.717) is 24.4 Å². The zero-order valence-electron chi connectivity index (χ0n) is 21.2. The first-order chi connectivity index (χ1) is 17.1. The van der Waals surface area contributed by atoms with Gasteiger partial charge >= 0.3 is 0 Å². The molecule has 0 bridgehead atoms. The van der Waals surface area contributed by atoms with Crippen LogP contribution in [-0.2, 0) is 22.9 Å². The Kier molecular flexibility index (Phi) is 9.81. The van der Waals surface area contributed by atoms with Gasteiger partial charge in [0.2, 0.25) is 10.0 Å². The maximum Gasteiger partial charge on any atom is 0.264 e. The summed E-state index contributed by atoms with van der Waals surface area (Å²) >= 11 is 0. The molecule has 0 aliphatic heterocycles. The summed E-state index contributed by atoms with van der Waals surface area (Å²) in [5.74, 6) is -0.283. The van der Waals surface area contributed by atoms with Crippen molar-refractivity contribution in [3.63, 3.8) is 0 Å². The van der Waals surface area contributed by atoms with Gasteiger partial charge in [-0.1, -0.05) is 80.6 Å². The summed E-state index contributed by atoms with van der Waals surface area (Å²) in [5.41, 5.74) is 5.40. The number of nitrogens with one attached hydrogen (secondary N) is 2. The number of hydrogen-bond acceptors (Lipinski definition) is 5. The Morgan fingerprint density at radius 3 is 2.25 bits per heavy atom. The maximum atomic E-state index is 12.5. The van der Waals surface area contributed by atoms with Gasteiger partial charge < -0.3 is 10.4 Å². The predicted molar refractivity (Wildman–Crippen MR) is 145 cm³/mol. The van der Waals surface area contributed by atoms with Gasteiger partial charge in [0.15, 0.2) is 0 Å². The lowest BCUT2D eigenvalue weighted by Crippen LogP contribution is -2.30. The van der Waals surface area contributed by atoms with Crippen LogP contribution in [0.15, 0.2) is 72.8 Å². The van der Waals surface area contributed by atoms with Crippen LogP contribution in [0.5, 0.6) is 0 Å². The lowest BCUT2D eigenvalue weighted by atomic mass is 9.93. The molecule has 0 aliphatic carbocycles. The van der Waals surface area contributed by atoms with Crippen molar-refractivity contribution in [2.45, 2.75) is 39.2 Å². The van der Waals surface area contributed by atoms with Gasteiger partial charge in [0.25, 0.3) is 5.91 Å². The number of aryl methyl sites for hydroxylation is 1. The highest BCUT2D eigenvalue weighted by Crippen LogP contribution is 2.25. The second-order valence-electron chi connectivity index (χ2n) is 9.60. The van der Waals surface area contributed by atoms with Crippen molar-refractivity contribution in [1.29, 1.82) is 0 Å². The molecule has 0 radical (unpaired) electrons. The van der Waals surface area contributed by atoms with Crippen molar-refractivity contribution in [3.05, 3.63) is 95.1 Å². The van der Waals surface area contributed by atoms with Crippen LogP contribution in [-0.4, -0.2) is 38.8 Å². The normalized spacial score (nSPS) is 12.5. The predicted octanol–water partition coefficient (Wildman–Crippen LogP) is 4.50. The highest BCUT2D eigenvalue weighted by atomic mass is 32.2. The highest BCUT2D eigenvalue weighted by Gasteiger charge is 2.17. The summed E-state index contributed by atoms with van der Waals surface area (Å²) in [4.78, 5) is 12.5. The number of benzene rings is 3. The van der Waals surface area contributed by atoms with Gasteiger partial charge in [-0.15, -0.1) is 0 Å². The van der Waals surface area contributed by atoms with E-state index in [4.69, 9.17) is 0 Å². The molecule has 3 rings (SSSR count). The number of carbonyl (C=O) groups excluding carboxylic acids is 1. The molecule has 3 aromatic carbocycles. The van der Waals surface area contributed by atoms with Gasteiger partial charge in [0.05, 0.1) is 12.4 Å². The van der Waals surface area contributed by atoms with Gasteiger partial charge in [-0.2, -0.15) is 0 Å². The van der Waals surface area contributed by atoms with Crippen LogP contribution in [0.4, 0.5) is 0 Å². The number of amides is 1. The molecule has 7 heteroatoms. The van der Waals surface area contributed by atoms with Gasteiger partial charge in [-0.05, 0) is 65.6 Å². The molecule has 1 atom stereocenters. The molecule has 3 N–H and O–H groups in total. The van der Waals surface area contributed by atoms with Gasteiger partial charge in [0, 0.05) is 12.1 Å². The molecule has 192 valence electrons. The van der Waals surface area contributed by atoms with Gasteiger partial charge in [-0.25, -0.2) is 13.1 Å². The summed E-state index contributed by atoms with van der Waals surface area (Å²) in [7, 11) is -3.63. The van der Waals surface area contributed by atoms with Crippen LogP contribution in [0.25, 0.3) is 11.1 Å². The fourth-order valence-electron chi connectivity index (χ4n) is 4.14. The van der Waals surface area contributed by atoms with Crippen molar-refractivity contribution < 1.29 is 18.3 Å². The van der Waals surface area contributed by atoms with E-state index in [1.165, 1.54) is 5.56 Å². The lowest BCUT2D eigenvalue weighted by molar-refractivity contribution is 0.0980. The Hall–Kier alpha value is -3.00. The van der Waals surface area contributed by atoms with Crippen molar-refractivity contribution in [2.24, 2.45) is 5.92 Å². The molecule has 1 amide bonds. The van der Waals surface area contributed by atoms with E-state index < -0.39 is 22.0 Å². The molecule has 6 nitrogen and oxygen atoms in total. The Balaban J connectivity index is 1.58. The minimum atomic E-state index is -3.63. The molecular weight excluding hydrogens is 472 g/mol. The van der Waals surface area contributed by atoms with E-state index in [0.717, 1.165) is 47.9 Å². The smallest absolute Gasteiger partial charge is 0.264 e. The SMILES string of the molecule is CC(C)Cc1cc(-c2ccc(CCCNC[C@H](O)c3ccccc3)cc2)ccc1C(=O)NS(C)(=O)=O. The average molecular weight is 509 g/mol. The van der Waals surface area contributed by atoms with Gasteiger partial charge in [-0.3, -0.25) is 4.79 Å². The molecule has 0 aliphatic rings. The van der Waals surface area contributed by atoms with E-state index >= 15 is 0 Å². The molecule has 0 saturated carbocycles. The van der Waals surface area contributed by atoms with Crippen LogP contribution in [0.2, 0.25) is 0 Å². The number of aliphatic hydroxyl groups excluding tert-OH is 1.